The Morgan fingerprint density at radius 2 is 1.60 bits per heavy atom. The second-order valence-electron chi connectivity index (χ2n) is 11.2. The summed E-state index contributed by atoms with van der Waals surface area (Å²) in [6, 6.07) is 21.2. The summed E-state index contributed by atoms with van der Waals surface area (Å²) < 4.78 is 7.09. The molecule has 1 N–H and O–H groups in total. The van der Waals surface area contributed by atoms with Crippen LogP contribution in [-0.4, -0.2) is 17.1 Å². The Hall–Kier alpha value is -3.01. The van der Waals surface area contributed by atoms with Gasteiger partial charge in [0.2, 0.25) is 0 Å². The molecule has 184 valence electrons. The van der Waals surface area contributed by atoms with Crippen molar-refractivity contribution >= 4 is 17.3 Å². The van der Waals surface area contributed by atoms with Crippen molar-refractivity contribution in [3.63, 3.8) is 0 Å². The second-order valence-corrected chi connectivity index (χ2v) is 11.2. The van der Waals surface area contributed by atoms with E-state index in [1.54, 1.807) is 6.07 Å². The minimum Gasteiger partial charge on any atom is -0.461 e. The fourth-order valence-electron chi connectivity index (χ4n) is 6.78. The van der Waals surface area contributed by atoms with Crippen LogP contribution in [0, 0.1) is 17.8 Å². The molecule has 2 aliphatic rings. The normalized spacial score (nSPS) is 25.7. The van der Waals surface area contributed by atoms with Crippen molar-refractivity contribution in [2.75, 3.05) is 11.9 Å². The summed E-state index contributed by atoms with van der Waals surface area (Å²) in [7, 11) is 0. The monoisotopic (exact) mass is 470 g/mol. The molecule has 2 aliphatic carbocycles. The number of benzene rings is 2. The van der Waals surface area contributed by atoms with Crippen LogP contribution in [0.3, 0.4) is 0 Å². The summed E-state index contributed by atoms with van der Waals surface area (Å²) in [4.78, 5) is 12.1. The van der Waals surface area contributed by atoms with Crippen molar-refractivity contribution < 1.29 is 9.53 Å². The Morgan fingerprint density at radius 1 is 0.971 bits per heavy atom. The highest BCUT2D eigenvalue weighted by molar-refractivity contribution is 5.87. The van der Waals surface area contributed by atoms with E-state index in [1.807, 2.05) is 23.8 Å². The number of ether oxygens (including phenoxy) is 1. The van der Waals surface area contributed by atoms with Crippen LogP contribution in [0.15, 0.2) is 66.9 Å². The lowest BCUT2D eigenvalue weighted by Crippen LogP contribution is -2.38. The van der Waals surface area contributed by atoms with Crippen LogP contribution in [0.2, 0.25) is 0 Å². The molecule has 5 rings (SSSR count). The number of hydrogen-bond acceptors (Lipinski definition) is 3. The highest BCUT2D eigenvalue weighted by Crippen LogP contribution is 2.51. The summed E-state index contributed by atoms with van der Waals surface area (Å²) in [5.41, 5.74) is 5.70. The lowest BCUT2D eigenvalue weighted by Gasteiger charge is -2.47. The van der Waals surface area contributed by atoms with Crippen LogP contribution in [-0.2, 0) is 16.7 Å². The van der Waals surface area contributed by atoms with E-state index in [0.717, 1.165) is 34.7 Å². The van der Waals surface area contributed by atoms with E-state index >= 15 is 0 Å². The second kappa shape index (κ2) is 9.93. The molecule has 1 aromatic heterocycles. The lowest BCUT2D eigenvalue weighted by molar-refractivity contribution is 0.0514. The molecular formula is C31H38N2O2. The maximum atomic E-state index is 12.1. The van der Waals surface area contributed by atoms with E-state index in [4.69, 9.17) is 4.74 Å². The first-order chi connectivity index (χ1) is 16.9. The van der Waals surface area contributed by atoms with Gasteiger partial charge in [-0.05, 0) is 110 Å². The first-order valence-corrected chi connectivity index (χ1v) is 13.2. The van der Waals surface area contributed by atoms with Crippen LogP contribution in [0.4, 0.5) is 11.4 Å². The van der Waals surface area contributed by atoms with Gasteiger partial charge in [0.25, 0.3) is 0 Å². The Balaban J connectivity index is 1.21. The van der Waals surface area contributed by atoms with Crippen LogP contribution in [0.5, 0.6) is 0 Å². The molecular weight excluding hydrogens is 432 g/mol. The van der Waals surface area contributed by atoms with Crippen molar-refractivity contribution in [3.05, 3.63) is 83.7 Å². The van der Waals surface area contributed by atoms with Gasteiger partial charge in [0.15, 0.2) is 0 Å². The summed E-state index contributed by atoms with van der Waals surface area (Å²) in [5.74, 6) is 2.43. The smallest absolute Gasteiger partial charge is 0.354 e. The van der Waals surface area contributed by atoms with Gasteiger partial charge in [-0.15, -0.1) is 0 Å². The predicted molar refractivity (Wildman–Crippen MR) is 142 cm³/mol. The molecule has 2 unspecified atom stereocenters. The van der Waals surface area contributed by atoms with Gasteiger partial charge in [0, 0.05) is 24.1 Å². The highest BCUT2D eigenvalue weighted by atomic mass is 16.5. The Morgan fingerprint density at radius 3 is 2.23 bits per heavy atom. The van der Waals surface area contributed by atoms with Gasteiger partial charge < -0.3 is 14.6 Å². The number of rotatable bonds is 7. The number of anilines is 2. The molecule has 2 saturated carbocycles. The molecule has 0 spiro atoms. The summed E-state index contributed by atoms with van der Waals surface area (Å²) in [6.45, 7) is 7.77. The molecule has 0 aliphatic heterocycles. The number of nitrogens with one attached hydrogen (secondary N) is 1. The number of fused-ring (bicyclic) bond motifs is 2. The molecule has 1 heterocycles. The fraction of sp³-hybridized carbons (Fsp3) is 0.452. The average Bonchev–Trinajstić information content (AvgIpc) is 3.28. The summed E-state index contributed by atoms with van der Waals surface area (Å²) >= 11 is 0. The van der Waals surface area contributed by atoms with E-state index in [-0.39, 0.29) is 5.97 Å². The molecule has 2 aromatic carbocycles. The third kappa shape index (κ3) is 5.32. The Kier molecular flexibility index (Phi) is 6.73. The van der Waals surface area contributed by atoms with Crippen molar-refractivity contribution in [2.24, 2.45) is 17.8 Å². The molecule has 2 bridgehead atoms. The largest absolute Gasteiger partial charge is 0.461 e. The van der Waals surface area contributed by atoms with Gasteiger partial charge >= 0.3 is 5.97 Å². The minimum absolute atomic E-state index is 0.279. The zero-order chi connectivity index (χ0) is 24.4. The molecule has 0 saturated heterocycles. The number of hydrogen-bond donors (Lipinski definition) is 1. The first-order valence-electron chi connectivity index (χ1n) is 13.2. The molecule has 4 nitrogen and oxygen atoms in total. The molecule has 2 atom stereocenters. The Bertz CT molecular complexity index is 1130. The van der Waals surface area contributed by atoms with Gasteiger partial charge in [0.05, 0.1) is 6.61 Å². The fourth-order valence-corrected chi connectivity index (χ4v) is 6.78. The Labute approximate surface area is 209 Å². The summed E-state index contributed by atoms with van der Waals surface area (Å²) in [5, 5.41) is 3.54. The van der Waals surface area contributed by atoms with Crippen molar-refractivity contribution in [1.29, 1.82) is 0 Å². The number of carbonyl (C=O) groups excluding carboxylic acids is 1. The molecule has 0 amide bonds. The number of esters is 1. The van der Waals surface area contributed by atoms with Crippen LogP contribution in [0.25, 0.3) is 0 Å². The molecule has 2 fully saturated rings. The van der Waals surface area contributed by atoms with Gasteiger partial charge in [-0.25, -0.2) is 4.79 Å². The molecule has 0 radical (unpaired) electrons. The summed E-state index contributed by atoms with van der Waals surface area (Å²) in [6.07, 6.45) is 8.86. The van der Waals surface area contributed by atoms with Gasteiger partial charge in [-0.2, -0.15) is 0 Å². The van der Waals surface area contributed by atoms with E-state index in [2.05, 4.69) is 67.7 Å². The topological polar surface area (TPSA) is 43.3 Å². The lowest BCUT2D eigenvalue weighted by atomic mass is 9.57. The van der Waals surface area contributed by atoms with Crippen molar-refractivity contribution in [3.8, 4) is 0 Å². The maximum absolute atomic E-state index is 12.1. The maximum Gasteiger partial charge on any atom is 0.354 e. The van der Waals surface area contributed by atoms with Crippen molar-refractivity contribution in [2.45, 2.75) is 64.8 Å². The predicted octanol–water partition coefficient (Wildman–Crippen LogP) is 7.56. The van der Waals surface area contributed by atoms with Gasteiger partial charge in [-0.1, -0.05) is 38.1 Å². The first kappa shape index (κ1) is 23.7. The van der Waals surface area contributed by atoms with Crippen molar-refractivity contribution in [1.82, 2.24) is 4.57 Å². The zero-order valence-electron chi connectivity index (χ0n) is 21.3. The highest BCUT2D eigenvalue weighted by Gasteiger charge is 2.41. The van der Waals surface area contributed by atoms with Crippen LogP contribution < -0.4 is 5.32 Å². The van der Waals surface area contributed by atoms with E-state index in [9.17, 15) is 4.79 Å². The standard InChI is InChI=1S/C31H38N2O2/c1-4-35-30(34)29-6-5-15-33(29)21-23-7-11-27(12-8-23)32-28-13-9-26(10-14-28)31(3)19-24-16-22(2)17-25(18-24)20-31/h5-15,22,24-25,32H,4,16-21H2,1-3H3. The number of aromatic nitrogens is 1. The number of nitrogens with zero attached hydrogens (tertiary/aromatic N) is 1. The quantitative estimate of drug-likeness (QED) is 0.362. The number of carbonyl (C=O) groups is 1. The van der Waals surface area contributed by atoms with E-state index in [1.165, 1.54) is 37.7 Å². The molecule has 4 heteroatoms. The molecule has 3 aromatic rings. The third-order valence-electron chi connectivity index (χ3n) is 8.11. The van der Waals surface area contributed by atoms with Gasteiger partial charge in [-0.3, -0.25) is 0 Å². The average molecular weight is 471 g/mol. The van der Waals surface area contributed by atoms with Crippen LogP contribution in [0.1, 0.15) is 74.5 Å². The minimum atomic E-state index is -0.279. The van der Waals surface area contributed by atoms with E-state index in [0.29, 0.717) is 24.3 Å². The van der Waals surface area contributed by atoms with Gasteiger partial charge in [0.1, 0.15) is 5.69 Å². The molecule has 35 heavy (non-hydrogen) atoms. The SMILES string of the molecule is CCOC(=O)c1cccn1Cc1ccc(Nc2ccc(C3(C)CC4CC(C)CC(C4)C3)cc2)cc1. The zero-order valence-corrected chi connectivity index (χ0v) is 21.3. The third-order valence-corrected chi connectivity index (χ3v) is 8.11. The van der Waals surface area contributed by atoms with Crippen LogP contribution >= 0.6 is 0 Å². The van der Waals surface area contributed by atoms with E-state index < -0.39 is 0 Å².